The number of amides is 1. The highest BCUT2D eigenvalue weighted by Crippen LogP contribution is 2.39. The average Bonchev–Trinajstić information content (AvgIpc) is 3.11. The first kappa shape index (κ1) is 12.7. The number of carbonyl (C=O) groups is 2. The third kappa shape index (κ3) is 2.24. The molecule has 3 N–H and O–H groups in total. The number of aromatic amines is 1. The summed E-state index contributed by atoms with van der Waals surface area (Å²) < 4.78 is 0. The van der Waals surface area contributed by atoms with Crippen LogP contribution < -0.4 is 5.32 Å². The fourth-order valence-electron chi connectivity index (χ4n) is 2.32. The minimum atomic E-state index is -0.901. The van der Waals surface area contributed by atoms with Crippen molar-refractivity contribution in [2.45, 2.75) is 19.4 Å². The molecule has 3 rings (SSSR count). The Labute approximate surface area is 115 Å². The number of para-hydroxylation sites is 2. The smallest absolute Gasteiger partial charge is 0.307 e. The van der Waals surface area contributed by atoms with Gasteiger partial charge in [-0.05, 0) is 25.5 Å². The van der Waals surface area contributed by atoms with Gasteiger partial charge in [-0.25, -0.2) is 4.98 Å². The zero-order valence-corrected chi connectivity index (χ0v) is 11.0. The molecule has 1 aromatic carbocycles. The van der Waals surface area contributed by atoms with E-state index in [2.05, 4.69) is 15.3 Å². The number of rotatable bonds is 4. The molecule has 6 heteroatoms. The van der Waals surface area contributed by atoms with Crippen LogP contribution in [0.5, 0.6) is 0 Å². The molecule has 0 bridgehead atoms. The third-order valence-corrected chi connectivity index (χ3v) is 3.62. The van der Waals surface area contributed by atoms with Crippen molar-refractivity contribution >= 4 is 22.9 Å². The number of carboxylic acids is 1. The van der Waals surface area contributed by atoms with Crippen molar-refractivity contribution in [1.82, 2.24) is 15.3 Å². The molecule has 1 saturated carbocycles. The second kappa shape index (κ2) is 4.63. The molecular formula is C14H15N3O3. The lowest BCUT2D eigenvalue weighted by molar-refractivity contribution is -0.140. The van der Waals surface area contributed by atoms with E-state index in [0.29, 0.717) is 12.2 Å². The number of H-pyrrole nitrogens is 1. The summed E-state index contributed by atoms with van der Waals surface area (Å²) in [6, 6.07) is 7.35. The van der Waals surface area contributed by atoms with Crippen LogP contribution in [-0.2, 0) is 9.59 Å². The van der Waals surface area contributed by atoms with Crippen LogP contribution in [0.15, 0.2) is 24.3 Å². The van der Waals surface area contributed by atoms with Crippen LogP contribution in [0.3, 0.4) is 0 Å². The Balaban J connectivity index is 1.68. The molecular weight excluding hydrogens is 258 g/mol. The van der Waals surface area contributed by atoms with Crippen molar-refractivity contribution in [1.29, 1.82) is 0 Å². The summed E-state index contributed by atoms with van der Waals surface area (Å²) in [5, 5.41) is 11.6. The molecule has 0 radical (unpaired) electrons. The molecule has 1 heterocycles. The van der Waals surface area contributed by atoms with Crippen molar-refractivity contribution in [3.05, 3.63) is 30.1 Å². The molecule has 1 aliphatic rings. The fraction of sp³-hybridized carbons (Fsp3) is 0.357. The molecule has 3 atom stereocenters. The van der Waals surface area contributed by atoms with Crippen molar-refractivity contribution < 1.29 is 14.7 Å². The fourth-order valence-corrected chi connectivity index (χ4v) is 2.32. The predicted molar refractivity (Wildman–Crippen MR) is 71.9 cm³/mol. The molecule has 0 saturated heterocycles. The summed E-state index contributed by atoms with van der Waals surface area (Å²) in [6.07, 6.45) is 0.425. The van der Waals surface area contributed by atoms with Gasteiger partial charge in [0.2, 0.25) is 5.91 Å². The van der Waals surface area contributed by atoms with Crippen molar-refractivity contribution in [2.24, 2.45) is 11.8 Å². The highest BCUT2D eigenvalue weighted by atomic mass is 16.4. The third-order valence-electron chi connectivity index (χ3n) is 3.62. The van der Waals surface area contributed by atoms with Crippen LogP contribution in [-0.4, -0.2) is 27.0 Å². The molecule has 104 valence electrons. The van der Waals surface area contributed by atoms with Gasteiger partial charge in [0, 0.05) is 0 Å². The van der Waals surface area contributed by atoms with E-state index in [-0.39, 0.29) is 11.9 Å². The first-order chi connectivity index (χ1) is 9.56. The lowest BCUT2D eigenvalue weighted by Crippen LogP contribution is -2.29. The number of imidazole rings is 1. The Bertz CT molecular complexity index is 646. The van der Waals surface area contributed by atoms with Crippen LogP contribution in [0.1, 0.15) is 25.2 Å². The van der Waals surface area contributed by atoms with Gasteiger partial charge < -0.3 is 15.4 Å². The van der Waals surface area contributed by atoms with Gasteiger partial charge >= 0.3 is 5.97 Å². The second-order valence-corrected chi connectivity index (χ2v) is 5.16. The summed E-state index contributed by atoms with van der Waals surface area (Å²) in [6.45, 7) is 1.83. The topological polar surface area (TPSA) is 95.1 Å². The highest BCUT2D eigenvalue weighted by Gasteiger charge is 2.48. The van der Waals surface area contributed by atoms with Gasteiger partial charge in [0.05, 0.1) is 28.9 Å². The molecule has 1 aromatic heterocycles. The predicted octanol–water partition coefficient (Wildman–Crippen LogP) is 1.46. The Hall–Kier alpha value is -2.37. The normalized spacial score (nSPS) is 22.4. The minimum Gasteiger partial charge on any atom is -0.481 e. The van der Waals surface area contributed by atoms with Crippen molar-refractivity contribution in [3.8, 4) is 0 Å². The van der Waals surface area contributed by atoms with Crippen molar-refractivity contribution in [3.63, 3.8) is 0 Å². The number of nitrogens with zero attached hydrogens (tertiary/aromatic N) is 1. The van der Waals surface area contributed by atoms with E-state index in [1.807, 2.05) is 31.2 Å². The Morgan fingerprint density at radius 2 is 2.15 bits per heavy atom. The van der Waals surface area contributed by atoms with Gasteiger partial charge in [-0.15, -0.1) is 0 Å². The molecule has 1 aliphatic carbocycles. The first-order valence-corrected chi connectivity index (χ1v) is 6.54. The summed E-state index contributed by atoms with van der Waals surface area (Å²) >= 11 is 0. The maximum absolute atomic E-state index is 11.9. The second-order valence-electron chi connectivity index (χ2n) is 5.16. The van der Waals surface area contributed by atoms with E-state index in [1.165, 1.54) is 0 Å². The zero-order valence-electron chi connectivity index (χ0n) is 11.0. The number of carbonyl (C=O) groups excluding carboxylic acids is 1. The molecule has 0 spiro atoms. The molecule has 0 aliphatic heterocycles. The highest BCUT2D eigenvalue weighted by molar-refractivity contribution is 5.89. The number of hydrogen-bond donors (Lipinski definition) is 3. The Morgan fingerprint density at radius 1 is 1.40 bits per heavy atom. The van der Waals surface area contributed by atoms with Gasteiger partial charge in [-0.1, -0.05) is 12.1 Å². The van der Waals surface area contributed by atoms with E-state index >= 15 is 0 Å². The van der Waals surface area contributed by atoms with Crippen LogP contribution in [0.25, 0.3) is 11.0 Å². The van der Waals surface area contributed by atoms with Crippen LogP contribution in [0.2, 0.25) is 0 Å². The number of aliphatic carboxylic acids is 1. The monoisotopic (exact) mass is 273 g/mol. The maximum Gasteiger partial charge on any atom is 0.307 e. The Kier molecular flexibility index (Phi) is 2.93. The molecule has 6 nitrogen and oxygen atoms in total. The maximum atomic E-state index is 11.9. The van der Waals surface area contributed by atoms with Gasteiger partial charge in [-0.2, -0.15) is 0 Å². The largest absolute Gasteiger partial charge is 0.481 e. The molecule has 20 heavy (non-hydrogen) atoms. The van der Waals surface area contributed by atoms with E-state index in [1.54, 1.807) is 0 Å². The molecule has 3 unspecified atom stereocenters. The van der Waals surface area contributed by atoms with Gasteiger partial charge in [0.15, 0.2) is 0 Å². The van der Waals surface area contributed by atoms with Gasteiger partial charge in [0.25, 0.3) is 0 Å². The van der Waals surface area contributed by atoms with Crippen LogP contribution in [0.4, 0.5) is 0 Å². The average molecular weight is 273 g/mol. The van der Waals surface area contributed by atoms with Crippen LogP contribution in [0, 0.1) is 11.8 Å². The van der Waals surface area contributed by atoms with Crippen molar-refractivity contribution in [2.75, 3.05) is 0 Å². The lowest BCUT2D eigenvalue weighted by atomic mass is 10.2. The van der Waals surface area contributed by atoms with Gasteiger partial charge in [0.1, 0.15) is 5.82 Å². The number of aromatic nitrogens is 2. The van der Waals surface area contributed by atoms with E-state index < -0.39 is 17.8 Å². The molecule has 2 aromatic rings. The molecule has 1 fully saturated rings. The number of fused-ring (bicyclic) bond motifs is 1. The van der Waals surface area contributed by atoms with Gasteiger partial charge in [-0.3, -0.25) is 9.59 Å². The SMILES string of the molecule is CC(NC(=O)C1CC1C(=O)O)c1nc2ccccc2[nH]1. The van der Waals surface area contributed by atoms with E-state index in [4.69, 9.17) is 5.11 Å². The standard InChI is InChI=1S/C14H15N3O3/c1-7(15-13(18)8-6-9(8)14(19)20)12-16-10-4-2-3-5-11(10)17-12/h2-5,7-9H,6H2,1H3,(H,15,18)(H,16,17)(H,19,20). The van der Waals surface area contributed by atoms with Crippen LogP contribution >= 0.6 is 0 Å². The minimum absolute atomic E-state index is 0.217. The number of carboxylic acid groups (broad SMARTS) is 1. The number of benzene rings is 1. The summed E-state index contributed by atoms with van der Waals surface area (Å²) in [7, 11) is 0. The summed E-state index contributed by atoms with van der Waals surface area (Å²) in [4.78, 5) is 30.2. The summed E-state index contributed by atoms with van der Waals surface area (Å²) in [5.74, 6) is -1.38. The van der Waals surface area contributed by atoms with E-state index in [0.717, 1.165) is 11.0 Å². The Morgan fingerprint density at radius 3 is 2.80 bits per heavy atom. The van der Waals surface area contributed by atoms with E-state index in [9.17, 15) is 9.59 Å². The molecule has 1 amide bonds. The number of nitrogens with one attached hydrogen (secondary N) is 2. The zero-order chi connectivity index (χ0) is 14.3. The lowest BCUT2D eigenvalue weighted by Gasteiger charge is -2.10. The first-order valence-electron chi connectivity index (χ1n) is 6.54. The number of hydrogen-bond acceptors (Lipinski definition) is 3. The quantitative estimate of drug-likeness (QED) is 0.786. The summed E-state index contributed by atoms with van der Waals surface area (Å²) in [5.41, 5.74) is 1.76.